The van der Waals surface area contributed by atoms with Crippen LogP contribution in [0.5, 0.6) is 0 Å². The lowest BCUT2D eigenvalue weighted by molar-refractivity contribution is 0.186. The zero-order valence-corrected chi connectivity index (χ0v) is 8.21. The quantitative estimate of drug-likeness (QED) is 0.663. The van der Waals surface area contributed by atoms with Crippen LogP contribution in [0.2, 0.25) is 0 Å². The molecular weight excluding hydrogens is 148 g/mol. The molecule has 2 heterocycles. The SMILES string of the molecule is CC[C@@H](C)N1CC[C@H]2CNC[C@H]21. The Morgan fingerprint density at radius 3 is 3.08 bits per heavy atom. The first-order valence-electron chi connectivity index (χ1n) is 5.29. The molecule has 0 aromatic carbocycles. The number of nitrogens with one attached hydrogen (secondary N) is 1. The van der Waals surface area contributed by atoms with Gasteiger partial charge in [-0.15, -0.1) is 0 Å². The summed E-state index contributed by atoms with van der Waals surface area (Å²) in [6, 6.07) is 1.65. The molecule has 0 radical (unpaired) electrons. The van der Waals surface area contributed by atoms with Crippen molar-refractivity contribution in [2.45, 2.75) is 38.8 Å². The number of nitrogens with zero attached hydrogens (tertiary/aromatic N) is 1. The monoisotopic (exact) mass is 168 g/mol. The second-order valence-electron chi connectivity index (χ2n) is 4.27. The minimum Gasteiger partial charge on any atom is -0.315 e. The van der Waals surface area contributed by atoms with Crippen LogP contribution >= 0.6 is 0 Å². The van der Waals surface area contributed by atoms with E-state index in [-0.39, 0.29) is 0 Å². The van der Waals surface area contributed by atoms with E-state index in [1.165, 1.54) is 32.5 Å². The predicted molar refractivity (Wildman–Crippen MR) is 51.2 cm³/mol. The number of fused-ring (bicyclic) bond motifs is 1. The van der Waals surface area contributed by atoms with Gasteiger partial charge in [-0.05, 0) is 38.8 Å². The van der Waals surface area contributed by atoms with E-state index in [4.69, 9.17) is 0 Å². The molecule has 2 rings (SSSR count). The maximum atomic E-state index is 3.49. The maximum Gasteiger partial charge on any atom is 0.0264 e. The minimum atomic E-state index is 0.792. The largest absolute Gasteiger partial charge is 0.315 e. The molecule has 0 unspecified atom stereocenters. The summed E-state index contributed by atoms with van der Waals surface area (Å²) in [5.74, 6) is 0.957. The zero-order valence-electron chi connectivity index (χ0n) is 8.21. The first-order chi connectivity index (χ1) is 5.83. The van der Waals surface area contributed by atoms with Gasteiger partial charge in [0, 0.05) is 18.6 Å². The van der Waals surface area contributed by atoms with Crippen LogP contribution in [0, 0.1) is 5.92 Å². The van der Waals surface area contributed by atoms with E-state index in [1.807, 2.05) is 0 Å². The molecule has 0 aliphatic carbocycles. The molecule has 2 nitrogen and oxygen atoms in total. The third kappa shape index (κ3) is 1.27. The number of rotatable bonds is 2. The fourth-order valence-electron chi connectivity index (χ4n) is 2.66. The first-order valence-corrected chi connectivity index (χ1v) is 5.29. The van der Waals surface area contributed by atoms with Crippen molar-refractivity contribution in [2.75, 3.05) is 19.6 Å². The fraction of sp³-hybridized carbons (Fsp3) is 1.00. The zero-order chi connectivity index (χ0) is 8.55. The lowest BCUT2D eigenvalue weighted by Crippen LogP contribution is -2.40. The van der Waals surface area contributed by atoms with Crippen LogP contribution in [0.1, 0.15) is 26.7 Å². The third-order valence-corrected chi connectivity index (χ3v) is 3.65. The molecule has 1 N–H and O–H groups in total. The molecule has 0 amide bonds. The Kier molecular flexibility index (Phi) is 2.37. The van der Waals surface area contributed by atoms with E-state index in [0.29, 0.717) is 0 Å². The molecule has 2 aliphatic rings. The minimum absolute atomic E-state index is 0.792. The van der Waals surface area contributed by atoms with Crippen molar-refractivity contribution >= 4 is 0 Å². The van der Waals surface area contributed by atoms with Gasteiger partial charge in [-0.25, -0.2) is 0 Å². The standard InChI is InChI=1S/C10H20N2/c1-3-8(2)12-5-4-9-6-11-7-10(9)12/h8-11H,3-7H2,1-2H3/t8-,9+,10-/m1/s1. The molecule has 0 aromatic rings. The highest BCUT2D eigenvalue weighted by Gasteiger charge is 2.38. The molecule has 3 atom stereocenters. The molecule has 0 bridgehead atoms. The molecule has 12 heavy (non-hydrogen) atoms. The highest BCUT2D eigenvalue weighted by Crippen LogP contribution is 2.29. The lowest BCUT2D eigenvalue weighted by Gasteiger charge is -2.28. The van der Waals surface area contributed by atoms with E-state index < -0.39 is 0 Å². The summed E-state index contributed by atoms with van der Waals surface area (Å²) in [4.78, 5) is 2.70. The van der Waals surface area contributed by atoms with Crippen molar-refractivity contribution in [3.05, 3.63) is 0 Å². The molecular formula is C10H20N2. The summed E-state index contributed by atoms with van der Waals surface area (Å²) in [5.41, 5.74) is 0. The average Bonchev–Trinajstić information content (AvgIpc) is 2.62. The summed E-state index contributed by atoms with van der Waals surface area (Å²) in [6.45, 7) is 8.49. The van der Waals surface area contributed by atoms with Gasteiger partial charge >= 0.3 is 0 Å². The van der Waals surface area contributed by atoms with Crippen LogP contribution in [0.25, 0.3) is 0 Å². The normalized spacial score (nSPS) is 38.5. The Morgan fingerprint density at radius 2 is 2.33 bits per heavy atom. The van der Waals surface area contributed by atoms with Gasteiger partial charge in [0.15, 0.2) is 0 Å². The van der Waals surface area contributed by atoms with Crippen LogP contribution in [-0.4, -0.2) is 36.6 Å². The lowest BCUT2D eigenvalue weighted by atomic mass is 10.0. The van der Waals surface area contributed by atoms with Crippen LogP contribution in [0.4, 0.5) is 0 Å². The second-order valence-corrected chi connectivity index (χ2v) is 4.27. The maximum absolute atomic E-state index is 3.49. The van der Waals surface area contributed by atoms with E-state index in [0.717, 1.165) is 18.0 Å². The molecule has 2 aliphatic heterocycles. The van der Waals surface area contributed by atoms with Crippen molar-refractivity contribution in [3.63, 3.8) is 0 Å². The predicted octanol–water partition coefficient (Wildman–Crippen LogP) is 1.08. The van der Waals surface area contributed by atoms with Crippen LogP contribution in [0.3, 0.4) is 0 Å². The molecule has 2 heteroatoms. The summed E-state index contributed by atoms with van der Waals surface area (Å²) in [7, 11) is 0. The highest BCUT2D eigenvalue weighted by molar-refractivity contribution is 4.95. The van der Waals surface area contributed by atoms with E-state index in [1.54, 1.807) is 0 Å². The Balaban J connectivity index is 1.99. The second kappa shape index (κ2) is 3.35. The van der Waals surface area contributed by atoms with Gasteiger partial charge in [0.25, 0.3) is 0 Å². The Morgan fingerprint density at radius 1 is 1.50 bits per heavy atom. The van der Waals surface area contributed by atoms with Crippen molar-refractivity contribution in [1.82, 2.24) is 10.2 Å². The number of likely N-dealkylation sites (tertiary alicyclic amines) is 1. The molecule has 0 spiro atoms. The first kappa shape index (κ1) is 8.52. The van der Waals surface area contributed by atoms with Gasteiger partial charge < -0.3 is 5.32 Å². The van der Waals surface area contributed by atoms with E-state index in [2.05, 4.69) is 24.1 Å². The molecule has 0 saturated carbocycles. The number of hydrogen-bond donors (Lipinski definition) is 1. The van der Waals surface area contributed by atoms with Crippen molar-refractivity contribution in [2.24, 2.45) is 5.92 Å². The van der Waals surface area contributed by atoms with Gasteiger partial charge in [0.1, 0.15) is 0 Å². The van der Waals surface area contributed by atoms with Gasteiger partial charge in [0.05, 0.1) is 0 Å². The Hall–Kier alpha value is -0.0800. The molecule has 0 aromatic heterocycles. The summed E-state index contributed by atoms with van der Waals surface area (Å²) in [5, 5.41) is 3.49. The van der Waals surface area contributed by atoms with Crippen molar-refractivity contribution in [3.8, 4) is 0 Å². The Labute approximate surface area is 75.3 Å². The van der Waals surface area contributed by atoms with Gasteiger partial charge in [0.2, 0.25) is 0 Å². The van der Waals surface area contributed by atoms with Crippen LogP contribution < -0.4 is 5.32 Å². The molecule has 70 valence electrons. The summed E-state index contributed by atoms with van der Waals surface area (Å²) >= 11 is 0. The average molecular weight is 168 g/mol. The van der Waals surface area contributed by atoms with Crippen LogP contribution in [0.15, 0.2) is 0 Å². The van der Waals surface area contributed by atoms with E-state index >= 15 is 0 Å². The van der Waals surface area contributed by atoms with E-state index in [9.17, 15) is 0 Å². The van der Waals surface area contributed by atoms with Crippen molar-refractivity contribution in [1.29, 1.82) is 0 Å². The highest BCUT2D eigenvalue weighted by atomic mass is 15.2. The van der Waals surface area contributed by atoms with Crippen LogP contribution in [-0.2, 0) is 0 Å². The van der Waals surface area contributed by atoms with Gasteiger partial charge in [-0.2, -0.15) is 0 Å². The Bertz CT molecular complexity index is 158. The fourth-order valence-corrected chi connectivity index (χ4v) is 2.66. The number of hydrogen-bond acceptors (Lipinski definition) is 2. The topological polar surface area (TPSA) is 15.3 Å². The molecule has 2 saturated heterocycles. The van der Waals surface area contributed by atoms with Crippen molar-refractivity contribution < 1.29 is 0 Å². The van der Waals surface area contributed by atoms with Gasteiger partial charge in [-0.3, -0.25) is 4.90 Å². The molecule has 2 fully saturated rings. The smallest absolute Gasteiger partial charge is 0.0264 e. The summed E-state index contributed by atoms with van der Waals surface area (Å²) in [6.07, 6.45) is 2.71. The summed E-state index contributed by atoms with van der Waals surface area (Å²) < 4.78 is 0. The van der Waals surface area contributed by atoms with Gasteiger partial charge in [-0.1, -0.05) is 6.92 Å². The third-order valence-electron chi connectivity index (χ3n) is 3.65.